The Morgan fingerprint density at radius 1 is 0.649 bits per heavy atom. The number of nitrogens with zero attached hydrogens (tertiary/aromatic N) is 3. The first-order valence-electron chi connectivity index (χ1n) is 14.3. The number of hydrogen-bond donors (Lipinski definition) is 0. The SMILES string of the molecule is O=C1N(C2CCCCC2)C[C@@H](c2ccccc2)N1C1CCN(Cc2ccc(-c3ccccc3)cc2)CC1. The van der Waals surface area contributed by atoms with Gasteiger partial charge in [0.1, 0.15) is 0 Å². The van der Waals surface area contributed by atoms with Crippen molar-refractivity contribution in [3.8, 4) is 11.1 Å². The molecule has 1 atom stereocenters. The molecular weight excluding hydrogens is 454 g/mol. The van der Waals surface area contributed by atoms with Crippen molar-refractivity contribution in [2.75, 3.05) is 19.6 Å². The summed E-state index contributed by atoms with van der Waals surface area (Å²) in [7, 11) is 0. The molecular formula is C33H39N3O. The highest BCUT2D eigenvalue weighted by molar-refractivity contribution is 5.78. The molecule has 2 saturated heterocycles. The van der Waals surface area contributed by atoms with Gasteiger partial charge in [0.15, 0.2) is 0 Å². The van der Waals surface area contributed by atoms with Crippen LogP contribution in [0, 0.1) is 0 Å². The van der Waals surface area contributed by atoms with Gasteiger partial charge in [-0.1, -0.05) is 104 Å². The van der Waals surface area contributed by atoms with Gasteiger partial charge in [0.05, 0.1) is 6.04 Å². The summed E-state index contributed by atoms with van der Waals surface area (Å²) >= 11 is 0. The van der Waals surface area contributed by atoms with E-state index in [9.17, 15) is 4.79 Å². The van der Waals surface area contributed by atoms with E-state index in [1.54, 1.807) is 0 Å². The second-order valence-electron chi connectivity index (χ2n) is 11.1. The highest BCUT2D eigenvalue weighted by Gasteiger charge is 2.45. The fourth-order valence-corrected chi connectivity index (χ4v) is 6.73. The number of likely N-dealkylation sites (tertiary alicyclic amines) is 1. The maximum absolute atomic E-state index is 13.8. The lowest BCUT2D eigenvalue weighted by Gasteiger charge is -2.39. The van der Waals surface area contributed by atoms with Crippen LogP contribution in [-0.2, 0) is 6.54 Å². The highest BCUT2D eigenvalue weighted by atomic mass is 16.2. The zero-order chi connectivity index (χ0) is 25.0. The first kappa shape index (κ1) is 24.2. The molecule has 0 bridgehead atoms. The van der Waals surface area contributed by atoms with Crippen LogP contribution in [0.3, 0.4) is 0 Å². The van der Waals surface area contributed by atoms with Crippen molar-refractivity contribution in [3.63, 3.8) is 0 Å². The van der Waals surface area contributed by atoms with E-state index in [4.69, 9.17) is 0 Å². The number of piperidine rings is 1. The largest absolute Gasteiger partial charge is 0.321 e. The molecule has 2 amide bonds. The molecule has 4 heteroatoms. The van der Waals surface area contributed by atoms with Crippen molar-refractivity contribution >= 4 is 6.03 Å². The third kappa shape index (κ3) is 5.31. The average molecular weight is 494 g/mol. The second-order valence-corrected chi connectivity index (χ2v) is 11.1. The summed E-state index contributed by atoms with van der Waals surface area (Å²) in [5.74, 6) is 0. The Bertz CT molecular complexity index is 1150. The first-order chi connectivity index (χ1) is 18.3. The van der Waals surface area contributed by atoms with E-state index in [-0.39, 0.29) is 12.1 Å². The van der Waals surface area contributed by atoms with Gasteiger partial charge in [-0.15, -0.1) is 0 Å². The summed E-state index contributed by atoms with van der Waals surface area (Å²) in [5, 5.41) is 0. The summed E-state index contributed by atoms with van der Waals surface area (Å²) in [5.41, 5.74) is 5.18. The van der Waals surface area contributed by atoms with Crippen LogP contribution in [0.15, 0.2) is 84.9 Å². The maximum Gasteiger partial charge on any atom is 0.321 e. The van der Waals surface area contributed by atoms with Crippen molar-refractivity contribution in [2.45, 2.75) is 69.6 Å². The lowest BCUT2D eigenvalue weighted by Crippen LogP contribution is -2.48. The molecule has 3 aromatic carbocycles. The van der Waals surface area contributed by atoms with E-state index >= 15 is 0 Å². The summed E-state index contributed by atoms with van der Waals surface area (Å²) in [6.07, 6.45) is 8.28. The highest BCUT2D eigenvalue weighted by Crippen LogP contribution is 2.38. The fraction of sp³-hybridized carbons (Fsp3) is 0.424. The maximum atomic E-state index is 13.8. The van der Waals surface area contributed by atoms with E-state index in [1.807, 2.05) is 0 Å². The number of carbonyl (C=O) groups excluding carboxylic acids is 1. The Morgan fingerprint density at radius 3 is 1.95 bits per heavy atom. The summed E-state index contributed by atoms with van der Waals surface area (Å²) in [4.78, 5) is 20.9. The number of carbonyl (C=O) groups is 1. The van der Waals surface area contributed by atoms with Gasteiger partial charge in [0.25, 0.3) is 0 Å². The van der Waals surface area contributed by atoms with E-state index in [2.05, 4.69) is 99.6 Å². The number of rotatable bonds is 6. The average Bonchev–Trinajstić information content (AvgIpc) is 3.32. The van der Waals surface area contributed by atoms with Gasteiger partial charge in [0, 0.05) is 38.3 Å². The van der Waals surface area contributed by atoms with Crippen molar-refractivity contribution in [2.24, 2.45) is 0 Å². The molecule has 0 unspecified atom stereocenters. The van der Waals surface area contributed by atoms with E-state index in [1.165, 1.54) is 54.4 Å². The molecule has 1 aliphatic carbocycles. The number of amides is 2. The van der Waals surface area contributed by atoms with Crippen LogP contribution in [0.5, 0.6) is 0 Å². The molecule has 2 aliphatic heterocycles. The van der Waals surface area contributed by atoms with Crippen LogP contribution >= 0.6 is 0 Å². The summed E-state index contributed by atoms with van der Waals surface area (Å²) in [6, 6.07) is 31.5. The fourth-order valence-electron chi connectivity index (χ4n) is 6.73. The molecule has 0 aromatic heterocycles. The second kappa shape index (κ2) is 11.1. The molecule has 2 heterocycles. The van der Waals surface area contributed by atoms with Gasteiger partial charge in [-0.3, -0.25) is 4.90 Å². The Morgan fingerprint density at radius 2 is 1.27 bits per heavy atom. The predicted molar refractivity (Wildman–Crippen MR) is 150 cm³/mol. The molecule has 192 valence electrons. The zero-order valence-corrected chi connectivity index (χ0v) is 21.8. The quantitative estimate of drug-likeness (QED) is 0.365. The van der Waals surface area contributed by atoms with Crippen LogP contribution in [0.2, 0.25) is 0 Å². The van der Waals surface area contributed by atoms with E-state index in [0.29, 0.717) is 12.1 Å². The van der Waals surface area contributed by atoms with Gasteiger partial charge in [-0.2, -0.15) is 0 Å². The monoisotopic (exact) mass is 493 g/mol. The third-order valence-electron chi connectivity index (χ3n) is 8.79. The smallest absolute Gasteiger partial charge is 0.319 e. The zero-order valence-electron chi connectivity index (χ0n) is 21.8. The topological polar surface area (TPSA) is 26.8 Å². The molecule has 3 aromatic rings. The lowest BCUT2D eigenvalue weighted by molar-refractivity contribution is 0.106. The predicted octanol–water partition coefficient (Wildman–Crippen LogP) is 7.13. The van der Waals surface area contributed by atoms with Crippen molar-refractivity contribution in [3.05, 3.63) is 96.1 Å². The van der Waals surface area contributed by atoms with Crippen LogP contribution in [0.25, 0.3) is 11.1 Å². The van der Waals surface area contributed by atoms with E-state index in [0.717, 1.165) is 39.0 Å². The molecule has 3 fully saturated rings. The molecule has 6 rings (SSSR count). The van der Waals surface area contributed by atoms with Crippen molar-refractivity contribution < 1.29 is 4.79 Å². The molecule has 0 N–H and O–H groups in total. The molecule has 1 saturated carbocycles. The number of hydrogen-bond acceptors (Lipinski definition) is 2. The summed E-state index contributed by atoms with van der Waals surface area (Å²) < 4.78 is 0. The summed E-state index contributed by atoms with van der Waals surface area (Å²) in [6.45, 7) is 3.91. The molecule has 0 spiro atoms. The van der Waals surface area contributed by atoms with Crippen molar-refractivity contribution in [1.82, 2.24) is 14.7 Å². The molecule has 37 heavy (non-hydrogen) atoms. The standard InChI is InChI=1S/C33H39N3O/c37-33-35(30-14-8-3-9-15-30)25-32(29-12-6-2-7-13-29)36(33)31-20-22-34(23-21-31)24-26-16-18-28(19-17-26)27-10-4-1-5-11-27/h1-2,4-7,10-13,16-19,30-32H,3,8-9,14-15,20-25H2/t32-/m0/s1. The Kier molecular flexibility index (Phi) is 7.27. The first-order valence-corrected chi connectivity index (χ1v) is 14.3. The minimum absolute atomic E-state index is 0.178. The van der Waals surface area contributed by atoms with Gasteiger partial charge in [0.2, 0.25) is 0 Å². The van der Waals surface area contributed by atoms with Gasteiger partial charge in [-0.05, 0) is 47.9 Å². The molecule has 3 aliphatic rings. The number of benzene rings is 3. The van der Waals surface area contributed by atoms with Gasteiger partial charge >= 0.3 is 6.03 Å². The third-order valence-corrected chi connectivity index (χ3v) is 8.79. The van der Waals surface area contributed by atoms with Crippen LogP contribution in [0.1, 0.15) is 62.1 Å². The van der Waals surface area contributed by atoms with Crippen molar-refractivity contribution in [1.29, 1.82) is 0 Å². The Balaban J connectivity index is 1.11. The van der Waals surface area contributed by atoms with Crippen LogP contribution < -0.4 is 0 Å². The lowest BCUT2D eigenvalue weighted by atomic mass is 9.94. The minimum Gasteiger partial charge on any atom is -0.319 e. The van der Waals surface area contributed by atoms with Gasteiger partial charge < -0.3 is 9.80 Å². The Hall–Kier alpha value is -3.11. The van der Waals surface area contributed by atoms with Crippen LogP contribution in [-0.4, -0.2) is 52.4 Å². The van der Waals surface area contributed by atoms with Gasteiger partial charge in [-0.25, -0.2) is 4.79 Å². The molecule has 0 radical (unpaired) electrons. The number of urea groups is 1. The van der Waals surface area contributed by atoms with Crippen LogP contribution in [0.4, 0.5) is 4.79 Å². The minimum atomic E-state index is 0.178. The van der Waals surface area contributed by atoms with E-state index < -0.39 is 0 Å². The Labute approximate surface area is 221 Å². The molecule has 4 nitrogen and oxygen atoms in total. The normalized spacial score (nSPS) is 22.1.